The maximum atomic E-state index is 4.70. The van der Waals surface area contributed by atoms with Gasteiger partial charge in [-0.3, -0.25) is 0 Å². The molecule has 0 spiro atoms. The van der Waals surface area contributed by atoms with E-state index in [1.165, 1.54) is 21.7 Å². The van der Waals surface area contributed by atoms with Crippen LogP contribution in [0.5, 0.6) is 0 Å². The van der Waals surface area contributed by atoms with E-state index in [4.69, 9.17) is 4.98 Å². The molecule has 0 atom stereocenters. The molecule has 94 valence electrons. The van der Waals surface area contributed by atoms with E-state index in [0.29, 0.717) is 0 Å². The largest absolute Gasteiger partial charge is 0.246 e. The Bertz CT molecular complexity index is 656. The van der Waals surface area contributed by atoms with Crippen molar-refractivity contribution in [1.29, 1.82) is 0 Å². The van der Waals surface area contributed by atoms with Crippen LogP contribution >= 0.6 is 11.3 Å². The number of aryl methyl sites for hydroxylation is 1. The molecular weight excluding hydrogens is 250 g/mol. The summed E-state index contributed by atoms with van der Waals surface area (Å²) in [6, 6.07) is 21.0. The van der Waals surface area contributed by atoms with Crippen molar-refractivity contribution in [2.75, 3.05) is 0 Å². The lowest BCUT2D eigenvalue weighted by Gasteiger charge is -2.02. The van der Waals surface area contributed by atoms with Gasteiger partial charge in [0.2, 0.25) is 0 Å². The summed E-state index contributed by atoms with van der Waals surface area (Å²) in [6.07, 6.45) is 0.898. The molecule has 19 heavy (non-hydrogen) atoms. The van der Waals surface area contributed by atoms with Crippen molar-refractivity contribution in [3.63, 3.8) is 0 Å². The van der Waals surface area contributed by atoms with Crippen LogP contribution in [-0.2, 0) is 6.42 Å². The van der Waals surface area contributed by atoms with Crippen molar-refractivity contribution < 1.29 is 0 Å². The van der Waals surface area contributed by atoms with Gasteiger partial charge in [-0.1, -0.05) is 60.7 Å². The molecule has 0 fully saturated rings. The van der Waals surface area contributed by atoms with Gasteiger partial charge in [-0.15, -0.1) is 11.3 Å². The molecule has 0 saturated carbocycles. The third-order valence-electron chi connectivity index (χ3n) is 3.05. The van der Waals surface area contributed by atoms with Crippen LogP contribution in [0.3, 0.4) is 0 Å². The Morgan fingerprint density at radius 1 is 0.895 bits per heavy atom. The second kappa shape index (κ2) is 5.37. The lowest BCUT2D eigenvalue weighted by molar-refractivity contribution is 1.08. The lowest BCUT2D eigenvalue weighted by Crippen LogP contribution is -1.90. The van der Waals surface area contributed by atoms with E-state index in [2.05, 4.69) is 55.5 Å². The molecule has 0 unspecified atom stereocenters. The SMILES string of the molecule is Cc1nc(Cc2ccccc2)c(-c2ccccc2)s1. The summed E-state index contributed by atoms with van der Waals surface area (Å²) >= 11 is 1.78. The summed E-state index contributed by atoms with van der Waals surface area (Å²) in [6.45, 7) is 2.08. The van der Waals surface area contributed by atoms with Crippen molar-refractivity contribution in [3.8, 4) is 10.4 Å². The number of hydrogen-bond acceptors (Lipinski definition) is 2. The van der Waals surface area contributed by atoms with Crippen LogP contribution in [0.1, 0.15) is 16.3 Å². The monoisotopic (exact) mass is 265 g/mol. The minimum absolute atomic E-state index is 0.898. The Balaban J connectivity index is 1.99. The van der Waals surface area contributed by atoms with Crippen LogP contribution in [-0.4, -0.2) is 4.98 Å². The molecule has 1 nitrogen and oxygen atoms in total. The molecule has 0 radical (unpaired) electrons. The van der Waals surface area contributed by atoms with Crippen molar-refractivity contribution in [2.45, 2.75) is 13.3 Å². The summed E-state index contributed by atoms with van der Waals surface area (Å²) < 4.78 is 0. The molecular formula is C17H15NS. The molecule has 3 aromatic rings. The highest BCUT2D eigenvalue weighted by Gasteiger charge is 2.11. The maximum absolute atomic E-state index is 4.70. The first kappa shape index (κ1) is 12.1. The van der Waals surface area contributed by atoms with Crippen LogP contribution in [0, 0.1) is 6.92 Å². The van der Waals surface area contributed by atoms with Gasteiger partial charge < -0.3 is 0 Å². The number of benzene rings is 2. The normalized spacial score (nSPS) is 10.6. The molecule has 0 aliphatic rings. The molecule has 0 N–H and O–H groups in total. The smallest absolute Gasteiger partial charge is 0.0904 e. The highest BCUT2D eigenvalue weighted by atomic mass is 32.1. The third-order valence-corrected chi connectivity index (χ3v) is 4.12. The first-order chi connectivity index (χ1) is 9.33. The summed E-state index contributed by atoms with van der Waals surface area (Å²) in [5.74, 6) is 0. The average Bonchev–Trinajstić information content (AvgIpc) is 2.82. The zero-order valence-electron chi connectivity index (χ0n) is 10.8. The van der Waals surface area contributed by atoms with E-state index >= 15 is 0 Å². The van der Waals surface area contributed by atoms with Crippen molar-refractivity contribution in [1.82, 2.24) is 4.98 Å². The van der Waals surface area contributed by atoms with E-state index in [0.717, 1.165) is 11.4 Å². The molecule has 1 heterocycles. The number of aromatic nitrogens is 1. The maximum Gasteiger partial charge on any atom is 0.0904 e. The van der Waals surface area contributed by atoms with Gasteiger partial charge in [0.1, 0.15) is 0 Å². The van der Waals surface area contributed by atoms with E-state index in [9.17, 15) is 0 Å². The molecule has 2 aromatic carbocycles. The summed E-state index contributed by atoms with van der Waals surface area (Å²) in [5.41, 5.74) is 3.75. The van der Waals surface area contributed by atoms with Crippen molar-refractivity contribution >= 4 is 11.3 Å². The van der Waals surface area contributed by atoms with Gasteiger partial charge in [0, 0.05) is 6.42 Å². The van der Waals surface area contributed by atoms with E-state index in [1.807, 2.05) is 12.1 Å². The Morgan fingerprint density at radius 3 is 2.21 bits per heavy atom. The topological polar surface area (TPSA) is 12.9 Å². The quantitative estimate of drug-likeness (QED) is 0.668. The van der Waals surface area contributed by atoms with Crippen LogP contribution in [0.2, 0.25) is 0 Å². The Labute approximate surface area is 117 Å². The number of rotatable bonds is 3. The molecule has 0 amide bonds. The van der Waals surface area contributed by atoms with Gasteiger partial charge in [-0.2, -0.15) is 0 Å². The van der Waals surface area contributed by atoms with Gasteiger partial charge in [0.05, 0.1) is 15.6 Å². The average molecular weight is 265 g/mol. The van der Waals surface area contributed by atoms with Gasteiger partial charge in [-0.05, 0) is 18.1 Å². The first-order valence-electron chi connectivity index (χ1n) is 6.38. The molecule has 0 aliphatic carbocycles. The fourth-order valence-corrected chi connectivity index (χ4v) is 3.14. The van der Waals surface area contributed by atoms with Gasteiger partial charge >= 0.3 is 0 Å². The van der Waals surface area contributed by atoms with Crippen LogP contribution in [0.25, 0.3) is 10.4 Å². The summed E-state index contributed by atoms with van der Waals surface area (Å²) in [7, 11) is 0. The van der Waals surface area contributed by atoms with Crippen LogP contribution in [0.4, 0.5) is 0 Å². The second-order valence-corrected chi connectivity index (χ2v) is 5.74. The molecule has 2 heteroatoms. The molecule has 0 aliphatic heterocycles. The van der Waals surface area contributed by atoms with E-state index in [1.54, 1.807) is 11.3 Å². The van der Waals surface area contributed by atoms with E-state index < -0.39 is 0 Å². The molecule has 0 saturated heterocycles. The molecule has 1 aromatic heterocycles. The summed E-state index contributed by atoms with van der Waals surface area (Å²) in [5, 5.41) is 1.13. The first-order valence-corrected chi connectivity index (χ1v) is 7.20. The summed E-state index contributed by atoms with van der Waals surface area (Å²) in [4.78, 5) is 5.99. The van der Waals surface area contributed by atoms with Gasteiger partial charge in [-0.25, -0.2) is 4.98 Å². The highest BCUT2D eigenvalue weighted by Crippen LogP contribution is 2.31. The Kier molecular flexibility index (Phi) is 3.43. The second-order valence-electron chi connectivity index (χ2n) is 4.54. The zero-order valence-corrected chi connectivity index (χ0v) is 11.7. The predicted molar refractivity (Wildman–Crippen MR) is 81.5 cm³/mol. The van der Waals surface area contributed by atoms with Gasteiger partial charge in [0.15, 0.2) is 0 Å². The number of nitrogens with zero attached hydrogens (tertiary/aromatic N) is 1. The standard InChI is InChI=1S/C17H15NS/c1-13-18-16(12-14-8-4-2-5-9-14)17(19-13)15-10-6-3-7-11-15/h2-11H,12H2,1H3. The number of thiazole rings is 1. The molecule has 0 bridgehead atoms. The Hall–Kier alpha value is -1.93. The van der Waals surface area contributed by atoms with Crippen LogP contribution in [0.15, 0.2) is 60.7 Å². The minimum atomic E-state index is 0.898. The van der Waals surface area contributed by atoms with Crippen molar-refractivity contribution in [2.24, 2.45) is 0 Å². The minimum Gasteiger partial charge on any atom is -0.246 e. The predicted octanol–water partition coefficient (Wildman–Crippen LogP) is 4.71. The fourth-order valence-electron chi connectivity index (χ4n) is 2.19. The lowest BCUT2D eigenvalue weighted by atomic mass is 10.1. The number of hydrogen-bond donors (Lipinski definition) is 0. The Morgan fingerprint density at radius 2 is 1.53 bits per heavy atom. The van der Waals surface area contributed by atoms with Crippen LogP contribution < -0.4 is 0 Å². The zero-order chi connectivity index (χ0) is 13.1. The third kappa shape index (κ3) is 2.74. The highest BCUT2D eigenvalue weighted by molar-refractivity contribution is 7.15. The fraction of sp³-hybridized carbons (Fsp3) is 0.118. The van der Waals surface area contributed by atoms with Crippen molar-refractivity contribution in [3.05, 3.63) is 76.9 Å². The van der Waals surface area contributed by atoms with Gasteiger partial charge in [0.25, 0.3) is 0 Å². The molecule has 3 rings (SSSR count). The van der Waals surface area contributed by atoms with E-state index in [-0.39, 0.29) is 0 Å².